The number of piperazine rings is 1. The van der Waals surface area contributed by atoms with Crippen LogP contribution in [0.25, 0.3) is 0 Å². The lowest BCUT2D eigenvalue weighted by Crippen LogP contribution is -2.49. The molecule has 0 radical (unpaired) electrons. The van der Waals surface area contributed by atoms with Crippen LogP contribution in [-0.4, -0.2) is 32.3 Å². The molecular weight excluding hydrogens is 295 g/mol. The second-order valence-electron chi connectivity index (χ2n) is 5.45. The van der Waals surface area contributed by atoms with Crippen molar-refractivity contribution in [3.8, 4) is 5.75 Å². The average Bonchev–Trinajstić information content (AvgIpc) is 2.38. The Morgan fingerprint density at radius 2 is 1.90 bits per heavy atom. The Labute approximate surface area is 134 Å². The number of rotatable bonds is 4. The van der Waals surface area contributed by atoms with Gasteiger partial charge in [0.15, 0.2) is 0 Å². The second-order valence-corrected chi connectivity index (χ2v) is 5.45. The number of anilines is 1. The van der Waals surface area contributed by atoms with Gasteiger partial charge in [0.1, 0.15) is 5.75 Å². The fourth-order valence-corrected chi connectivity index (χ4v) is 2.22. The minimum Gasteiger partial charge on any atom is -0.493 e. The molecule has 20 heavy (non-hydrogen) atoms. The maximum absolute atomic E-state index is 5.71. The van der Waals surface area contributed by atoms with E-state index in [0.717, 1.165) is 32.0 Å². The van der Waals surface area contributed by atoms with Crippen molar-refractivity contribution in [1.82, 2.24) is 5.32 Å². The highest BCUT2D eigenvalue weighted by Crippen LogP contribution is 2.22. The van der Waals surface area contributed by atoms with Crippen molar-refractivity contribution in [2.45, 2.75) is 26.8 Å². The first-order valence-electron chi connectivity index (χ1n) is 6.87. The number of hydrogen-bond acceptors (Lipinski definition) is 3. The van der Waals surface area contributed by atoms with Gasteiger partial charge in [-0.1, -0.05) is 13.8 Å². The summed E-state index contributed by atoms with van der Waals surface area (Å²) in [4.78, 5) is 2.45. The number of hydrogen-bond donors (Lipinski definition) is 1. The molecule has 0 saturated carbocycles. The zero-order valence-electron chi connectivity index (χ0n) is 12.5. The van der Waals surface area contributed by atoms with E-state index in [1.807, 2.05) is 0 Å². The fourth-order valence-electron chi connectivity index (χ4n) is 2.22. The van der Waals surface area contributed by atoms with Gasteiger partial charge in [0, 0.05) is 31.4 Å². The molecule has 1 N–H and O–H groups in total. The summed E-state index contributed by atoms with van der Waals surface area (Å²) < 4.78 is 5.71. The molecule has 0 bridgehead atoms. The number of nitrogens with one attached hydrogen (secondary N) is 1. The van der Waals surface area contributed by atoms with Gasteiger partial charge in [-0.2, -0.15) is 0 Å². The summed E-state index contributed by atoms with van der Waals surface area (Å²) in [5.74, 6) is 1.54. The molecule has 1 aliphatic rings. The van der Waals surface area contributed by atoms with E-state index >= 15 is 0 Å². The maximum Gasteiger partial charge on any atom is 0.119 e. The van der Waals surface area contributed by atoms with E-state index in [-0.39, 0.29) is 24.8 Å². The van der Waals surface area contributed by atoms with Gasteiger partial charge >= 0.3 is 0 Å². The van der Waals surface area contributed by atoms with E-state index in [2.05, 4.69) is 55.3 Å². The Bertz CT molecular complexity index is 371. The molecular formula is C15H26Cl2N2O. The number of ether oxygens (including phenoxy) is 1. The minimum absolute atomic E-state index is 0. The van der Waals surface area contributed by atoms with Crippen LogP contribution in [0.1, 0.15) is 20.8 Å². The molecule has 1 atom stereocenters. The van der Waals surface area contributed by atoms with Gasteiger partial charge in [-0.15, -0.1) is 24.8 Å². The van der Waals surface area contributed by atoms with Gasteiger partial charge < -0.3 is 15.0 Å². The van der Waals surface area contributed by atoms with Crippen LogP contribution in [0.2, 0.25) is 0 Å². The highest BCUT2D eigenvalue weighted by molar-refractivity contribution is 5.85. The summed E-state index contributed by atoms with van der Waals surface area (Å²) in [6, 6.07) is 9.04. The van der Waals surface area contributed by atoms with Gasteiger partial charge in [0.2, 0.25) is 0 Å². The number of benzene rings is 1. The molecule has 2 rings (SSSR count). The summed E-state index contributed by atoms with van der Waals surface area (Å²) in [6.45, 7) is 10.6. The molecule has 1 heterocycles. The maximum atomic E-state index is 5.71. The third-order valence-corrected chi connectivity index (χ3v) is 3.25. The van der Waals surface area contributed by atoms with Crippen molar-refractivity contribution in [3.05, 3.63) is 24.3 Å². The highest BCUT2D eigenvalue weighted by Gasteiger charge is 2.17. The van der Waals surface area contributed by atoms with Crippen molar-refractivity contribution in [3.63, 3.8) is 0 Å². The molecule has 116 valence electrons. The van der Waals surface area contributed by atoms with Crippen molar-refractivity contribution in [1.29, 1.82) is 0 Å². The standard InChI is InChI=1S/C15H24N2O.2ClH/c1-12(2)11-18-15-6-4-14(5-7-15)17-9-8-16-10-13(17)3;;/h4-7,12-13,16H,8-11H2,1-3H3;2*1H/t13-;;/m1../s1. The Hall–Kier alpha value is -0.640. The molecule has 1 saturated heterocycles. The van der Waals surface area contributed by atoms with Gasteiger partial charge in [-0.05, 0) is 37.1 Å². The third-order valence-electron chi connectivity index (χ3n) is 3.25. The monoisotopic (exact) mass is 320 g/mol. The molecule has 3 nitrogen and oxygen atoms in total. The molecule has 1 aliphatic heterocycles. The third kappa shape index (κ3) is 5.39. The SMILES string of the molecule is CC(C)COc1ccc(N2CCNC[C@H]2C)cc1.Cl.Cl. The Morgan fingerprint density at radius 3 is 2.45 bits per heavy atom. The smallest absolute Gasteiger partial charge is 0.119 e. The van der Waals surface area contributed by atoms with Crippen LogP contribution < -0.4 is 15.0 Å². The largest absolute Gasteiger partial charge is 0.493 e. The number of halogens is 2. The van der Waals surface area contributed by atoms with E-state index in [9.17, 15) is 0 Å². The van der Waals surface area contributed by atoms with Crippen LogP contribution in [0.4, 0.5) is 5.69 Å². The molecule has 0 spiro atoms. The lowest BCUT2D eigenvalue weighted by molar-refractivity contribution is 0.271. The van der Waals surface area contributed by atoms with Crippen molar-refractivity contribution in [2.75, 3.05) is 31.1 Å². The Morgan fingerprint density at radius 1 is 1.25 bits per heavy atom. The number of nitrogens with zero attached hydrogens (tertiary/aromatic N) is 1. The topological polar surface area (TPSA) is 24.5 Å². The molecule has 0 aromatic heterocycles. The average molecular weight is 321 g/mol. The van der Waals surface area contributed by atoms with Gasteiger partial charge in [0.05, 0.1) is 6.61 Å². The summed E-state index contributed by atoms with van der Waals surface area (Å²) in [5.41, 5.74) is 1.29. The van der Waals surface area contributed by atoms with Crippen LogP contribution in [-0.2, 0) is 0 Å². The van der Waals surface area contributed by atoms with Gasteiger partial charge in [-0.3, -0.25) is 0 Å². The van der Waals surface area contributed by atoms with Crippen LogP contribution in [0.5, 0.6) is 5.75 Å². The molecule has 0 amide bonds. The molecule has 1 aromatic rings. The summed E-state index contributed by atoms with van der Waals surface area (Å²) in [7, 11) is 0. The van der Waals surface area contributed by atoms with Crippen LogP contribution in [0, 0.1) is 5.92 Å². The zero-order valence-corrected chi connectivity index (χ0v) is 14.1. The fraction of sp³-hybridized carbons (Fsp3) is 0.600. The molecule has 1 fully saturated rings. The molecule has 1 aromatic carbocycles. The first kappa shape index (κ1) is 19.4. The summed E-state index contributed by atoms with van der Waals surface area (Å²) >= 11 is 0. The van der Waals surface area contributed by atoms with Gasteiger partial charge in [-0.25, -0.2) is 0 Å². The summed E-state index contributed by atoms with van der Waals surface area (Å²) in [6.07, 6.45) is 0. The van der Waals surface area contributed by atoms with Crippen molar-refractivity contribution >= 4 is 30.5 Å². The van der Waals surface area contributed by atoms with Crippen LogP contribution >= 0.6 is 24.8 Å². The molecule has 0 unspecified atom stereocenters. The van der Waals surface area contributed by atoms with Crippen molar-refractivity contribution in [2.24, 2.45) is 5.92 Å². The lowest BCUT2D eigenvalue weighted by atomic mass is 10.2. The lowest BCUT2D eigenvalue weighted by Gasteiger charge is -2.36. The highest BCUT2D eigenvalue weighted by atomic mass is 35.5. The minimum atomic E-state index is 0. The van der Waals surface area contributed by atoms with E-state index in [4.69, 9.17) is 4.74 Å². The van der Waals surface area contributed by atoms with Crippen LogP contribution in [0.15, 0.2) is 24.3 Å². The Kier molecular flexibility index (Phi) is 9.03. The zero-order chi connectivity index (χ0) is 13.0. The van der Waals surface area contributed by atoms with Crippen molar-refractivity contribution < 1.29 is 4.74 Å². The molecule has 0 aliphatic carbocycles. The van der Waals surface area contributed by atoms with Gasteiger partial charge in [0.25, 0.3) is 0 Å². The predicted octanol–water partition coefficient (Wildman–Crippen LogP) is 3.36. The van der Waals surface area contributed by atoms with E-state index in [1.165, 1.54) is 5.69 Å². The first-order chi connectivity index (χ1) is 8.66. The summed E-state index contributed by atoms with van der Waals surface area (Å²) in [5, 5.41) is 3.41. The second kappa shape index (κ2) is 9.32. The quantitative estimate of drug-likeness (QED) is 0.920. The van der Waals surface area contributed by atoms with E-state index in [0.29, 0.717) is 12.0 Å². The molecule has 5 heteroatoms. The van der Waals surface area contributed by atoms with E-state index in [1.54, 1.807) is 0 Å². The van der Waals surface area contributed by atoms with Crippen LogP contribution in [0.3, 0.4) is 0 Å². The predicted molar refractivity (Wildman–Crippen MR) is 90.9 cm³/mol. The Balaban J connectivity index is 0.00000180. The first-order valence-corrected chi connectivity index (χ1v) is 6.87. The van der Waals surface area contributed by atoms with E-state index < -0.39 is 0 Å². The normalized spacial score (nSPS) is 18.2.